The summed E-state index contributed by atoms with van der Waals surface area (Å²) in [5.41, 5.74) is 0.982. The van der Waals surface area contributed by atoms with Crippen molar-refractivity contribution in [1.29, 1.82) is 0 Å². The number of hydrogen-bond acceptors (Lipinski definition) is 5. The number of carboxylic acid groups (broad SMARTS) is 1. The van der Waals surface area contributed by atoms with Gasteiger partial charge in [-0.3, -0.25) is 14.9 Å². The van der Waals surface area contributed by atoms with Gasteiger partial charge in [-0.05, 0) is 30.0 Å². The Morgan fingerprint density at radius 3 is 2.43 bits per heavy atom. The smallest absolute Gasteiger partial charge is 0.348 e. The minimum Gasteiger partial charge on any atom is -0.477 e. The number of aromatic carboxylic acids is 1. The van der Waals surface area contributed by atoms with E-state index >= 15 is 0 Å². The van der Waals surface area contributed by atoms with E-state index in [1.807, 2.05) is 0 Å². The Labute approximate surface area is 123 Å². The quantitative estimate of drug-likeness (QED) is 0.666. The van der Waals surface area contributed by atoms with Gasteiger partial charge in [0.2, 0.25) is 0 Å². The number of nitrogens with zero attached hydrogens (tertiary/aromatic N) is 1. The van der Waals surface area contributed by atoms with E-state index in [1.165, 1.54) is 24.3 Å². The number of carbonyl (C=O) groups excluding carboxylic acids is 1. The predicted molar refractivity (Wildman–Crippen MR) is 77.1 cm³/mol. The summed E-state index contributed by atoms with van der Waals surface area (Å²) in [4.78, 5) is 33.1. The summed E-state index contributed by atoms with van der Waals surface area (Å²) in [5.74, 6) is -1.64. The van der Waals surface area contributed by atoms with Crippen LogP contribution in [0.4, 0.5) is 11.4 Å². The molecule has 108 valence electrons. The number of rotatable bonds is 4. The SMILES string of the molecule is Cc1csc(C(=O)O)c1NC(=O)c1ccc([N+](=O)[O-])cc1. The molecule has 1 aromatic carbocycles. The van der Waals surface area contributed by atoms with Gasteiger partial charge in [-0.2, -0.15) is 0 Å². The highest BCUT2D eigenvalue weighted by Crippen LogP contribution is 2.28. The number of carboxylic acids is 1. The third kappa shape index (κ3) is 3.06. The van der Waals surface area contributed by atoms with Gasteiger partial charge in [-0.25, -0.2) is 4.79 Å². The van der Waals surface area contributed by atoms with Crippen molar-refractivity contribution < 1.29 is 19.6 Å². The van der Waals surface area contributed by atoms with Crippen molar-refractivity contribution in [2.24, 2.45) is 0 Å². The second-order valence-corrected chi connectivity index (χ2v) is 5.07. The van der Waals surface area contributed by atoms with Gasteiger partial charge in [-0.1, -0.05) is 0 Å². The maximum absolute atomic E-state index is 12.1. The van der Waals surface area contributed by atoms with Crippen LogP contribution in [0.3, 0.4) is 0 Å². The molecule has 0 spiro atoms. The normalized spacial score (nSPS) is 10.1. The molecule has 7 nitrogen and oxygen atoms in total. The molecule has 0 saturated heterocycles. The number of amides is 1. The molecule has 0 aliphatic carbocycles. The molecule has 0 fully saturated rings. The van der Waals surface area contributed by atoms with Crippen LogP contribution in [0.15, 0.2) is 29.6 Å². The fourth-order valence-electron chi connectivity index (χ4n) is 1.68. The Morgan fingerprint density at radius 2 is 1.90 bits per heavy atom. The standard InChI is InChI=1S/C13H10N2O5S/c1-7-6-21-11(13(17)18)10(7)14-12(16)8-2-4-9(5-3-8)15(19)20/h2-6H,1H3,(H,14,16)(H,17,18). The highest BCUT2D eigenvalue weighted by Gasteiger charge is 2.18. The molecule has 2 N–H and O–H groups in total. The molecule has 1 amide bonds. The number of carbonyl (C=O) groups is 2. The molecular weight excluding hydrogens is 296 g/mol. The Balaban J connectivity index is 2.24. The Hall–Kier alpha value is -2.74. The van der Waals surface area contributed by atoms with E-state index in [2.05, 4.69) is 5.32 Å². The number of thiophene rings is 1. The van der Waals surface area contributed by atoms with Gasteiger partial charge in [0.15, 0.2) is 0 Å². The highest BCUT2D eigenvalue weighted by molar-refractivity contribution is 7.12. The van der Waals surface area contributed by atoms with E-state index in [1.54, 1.807) is 12.3 Å². The molecule has 2 aromatic rings. The molecule has 2 rings (SSSR count). The van der Waals surface area contributed by atoms with Crippen molar-refractivity contribution in [1.82, 2.24) is 0 Å². The van der Waals surface area contributed by atoms with Crippen LogP contribution in [0.5, 0.6) is 0 Å². The lowest BCUT2D eigenvalue weighted by atomic mass is 10.2. The van der Waals surface area contributed by atoms with E-state index in [9.17, 15) is 19.7 Å². The third-order valence-corrected chi connectivity index (χ3v) is 3.83. The molecule has 0 aliphatic rings. The fraction of sp³-hybridized carbons (Fsp3) is 0.0769. The zero-order valence-corrected chi connectivity index (χ0v) is 11.6. The van der Waals surface area contributed by atoms with Crippen molar-refractivity contribution in [3.05, 3.63) is 55.8 Å². The number of nitro benzene ring substituents is 1. The molecule has 8 heteroatoms. The summed E-state index contributed by atoms with van der Waals surface area (Å²) in [5, 5.41) is 23.7. The number of non-ortho nitro benzene ring substituents is 1. The molecule has 0 unspecified atom stereocenters. The van der Waals surface area contributed by atoms with Crippen LogP contribution in [0.2, 0.25) is 0 Å². The Morgan fingerprint density at radius 1 is 1.29 bits per heavy atom. The summed E-state index contributed by atoms with van der Waals surface area (Å²) < 4.78 is 0. The van der Waals surface area contributed by atoms with Crippen molar-refractivity contribution in [3.8, 4) is 0 Å². The number of hydrogen-bond donors (Lipinski definition) is 2. The molecule has 0 bridgehead atoms. The summed E-state index contributed by atoms with van der Waals surface area (Å²) in [6.07, 6.45) is 0. The number of anilines is 1. The van der Waals surface area contributed by atoms with Crippen molar-refractivity contribution >= 4 is 34.6 Å². The number of nitro groups is 1. The number of benzene rings is 1. The topological polar surface area (TPSA) is 110 Å². The van der Waals surface area contributed by atoms with Crippen molar-refractivity contribution in [2.75, 3.05) is 5.32 Å². The van der Waals surface area contributed by atoms with Gasteiger partial charge in [0.1, 0.15) is 4.88 Å². The first kappa shape index (κ1) is 14.7. The molecule has 1 aromatic heterocycles. The minimum absolute atomic E-state index is 0.0442. The molecule has 0 atom stereocenters. The zero-order valence-electron chi connectivity index (χ0n) is 10.8. The first-order chi connectivity index (χ1) is 9.90. The predicted octanol–water partition coefficient (Wildman–Crippen LogP) is 2.92. The van der Waals surface area contributed by atoms with Gasteiger partial charge in [0.25, 0.3) is 11.6 Å². The monoisotopic (exact) mass is 306 g/mol. The largest absolute Gasteiger partial charge is 0.477 e. The Bertz CT molecular complexity index is 721. The molecular formula is C13H10N2O5S. The number of aryl methyl sites for hydroxylation is 1. The minimum atomic E-state index is -1.12. The van der Waals surface area contributed by atoms with Gasteiger partial charge < -0.3 is 10.4 Å². The Kier molecular flexibility index (Phi) is 3.99. The lowest BCUT2D eigenvalue weighted by Gasteiger charge is -2.06. The summed E-state index contributed by atoms with van der Waals surface area (Å²) in [6, 6.07) is 5.06. The average molecular weight is 306 g/mol. The second-order valence-electron chi connectivity index (χ2n) is 4.19. The molecule has 0 saturated carbocycles. The second kappa shape index (κ2) is 5.71. The van der Waals surface area contributed by atoms with Crippen LogP contribution >= 0.6 is 11.3 Å². The maximum Gasteiger partial charge on any atom is 0.348 e. The third-order valence-electron chi connectivity index (χ3n) is 2.75. The first-order valence-electron chi connectivity index (χ1n) is 5.77. The molecule has 21 heavy (non-hydrogen) atoms. The summed E-state index contributed by atoms with van der Waals surface area (Å²) in [6.45, 7) is 1.69. The van der Waals surface area contributed by atoms with Gasteiger partial charge >= 0.3 is 5.97 Å². The first-order valence-corrected chi connectivity index (χ1v) is 6.65. The van der Waals surface area contributed by atoms with E-state index in [0.717, 1.165) is 11.3 Å². The van der Waals surface area contributed by atoms with Crippen LogP contribution in [0, 0.1) is 17.0 Å². The molecule has 0 radical (unpaired) electrons. The van der Waals surface area contributed by atoms with E-state index < -0.39 is 16.8 Å². The zero-order chi connectivity index (χ0) is 15.6. The number of nitrogens with one attached hydrogen (secondary N) is 1. The average Bonchev–Trinajstić information content (AvgIpc) is 2.80. The van der Waals surface area contributed by atoms with Crippen LogP contribution in [-0.4, -0.2) is 21.9 Å². The van der Waals surface area contributed by atoms with Crippen LogP contribution in [0.1, 0.15) is 25.6 Å². The van der Waals surface area contributed by atoms with Gasteiger partial charge in [-0.15, -0.1) is 11.3 Å². The van der Waals surface area contributed by atoms with Gasteiger partial charge in [0, 0.05) is 17.7 Å². The molecule has 1 heterocycles. The van der Waals surface area contributed by atoms with E-state index in [0.29, 0.717) is 5.56 Å². The van der Waals surface area contributed by atoms with E-state index in [-0.39, 0.29) is 21.8 Å². The maximum atomic E-state index is 12.1. The fourth-order valence-corrected chi connectivity index (χ4v) is 2.52. The summed E-state index contributed by atoms with van der Waals surface area (Å²) >= 11 is 1.02. The van der Waals surface area contributed by atoms with Crippen LogP contribution in [-0.2, 0) is 0 Å². The highest BCUT2D eigenvalue weighted by atomic mass is 32.1. The van der Waals surface area contributed by atoms with Crippen LogP contribution in [0.25, 0.3) is 0 Å². The van der Waals surface area contributed by atoms with Crippen LogP contribution < -0.4 is 5.32 Å². The lowest BCUT2D eigenvalue weighted by molar-refractivity contribution is -0.384. The van der Waals surface area contributed by atoms with E-state index in [4.69, 9.17) is 5.11 Å². The van der Waals surface area contributed by atoms with Gasteiger partial charge in [0.05, 0.1) is 10.6 Å². The van der Waals surface area contributed by atoms with Crippen molar-refractivity contribution in [3.63, 3.8) is 0 Å². The lowest BCUT2D eigenvalue weighted by Crippen LogP contribution is -2.14. The molecule has 0 aliphatic heterocycles. The van der Waals surface area contributed by atoms with Crippen molar-refractivity contribution in [2.45, 2.75) is 6.92 Å². The summed E-state index contributed by atoms with van der Waals surface area (Å²) in [7, 11) is 0.